The Labute approximate surface area is 167 Å². The van der Waals surface area contributed by atoms with E-state index in [-0.39, 0.29) is 5.97 Å². The monoisotopic (exact) mass is 394 g/mol. The van der Waals surface area contributed by atoms with Gasteiger partial charge in [-0.15, -0.1) is 10.2 Å². The van der Waals surface area contributed by atoms with E-state index in [2.05, 4.69) is 15.1 Å². The smallest absolute Gasteiger partial charge is 0.339 e. The largest absolute Gasteiger partial charge is 0.450 e. The zero-order chi connectivity index (χ0) is 19.3. The number of esters is 1. The maximum absolute atomic E-state index is 12.3. The minimum Gasteiger partial charge on any atom is -0.450 e. The molecule has 3 aromatic rings. The molecule has 2 aromatic carbocycles. The maximum atomic E-state index is 12.3. The summed E-state index contributed by atoms with van der Waals surface area (Å²) in [6.45, 7) is 3.40. The number of nitrogens with zero attached hydrogens (tertiary/aromatic N) is 4. The highest BCUT2D eigenvalue weighted by molar-refractivity contribution is 6.30. The average molecular weight is 395 g/mol. The van der Waals surface area contributed by atoms with Crippen molar-refractivity contribution in [1.29, 1.82) is 0 Å². The normalized spacial score (nSPS) is 17.6. The summed E-state index contributed by atoms with van der Waals surface area (Å²) in [7, 11) is 0. The lowest BCUT2D eigenvalue weighted by molar-refractivity contribution is -0.0212. The molecule has 6 nitrogen and oxygen atoms in total. The van der Waals surface area contributed by atoms with Crippen molar-refractivity contribution in [2.24, 2.45) is 0 Å². The number of anilines is 1. The molecule has 3 heterocycles. The summed E-state index contributed by atoms with van der Waals surface area (Å²) in [5.41, 5.74) is 2.15. The van der Waals surface area contributed by atoms with Crippen molar-refractivity contribution in [3.8, 4) is 5.69 Å². The Bertz CT molecular complexity index is 1050. The minimum atomic E-state index is -0.523. The van der Waals surface area contributed by atoms with Crippen molar-refractivity contribution in [1.82, 2.24) is 14.8 Å². The van der Waals surface area contributed by atoms with Crippen LogP contribution < -0.4 is 4.90 Å². The Morgan fingerprint density at radius 2 is 1.75 bits per heavy atom. The van der Waals surface area contributed by atoms with Crippen molar-refractivity contribution in [2.45, 2.75) is 25.4 Å². The molecule has 1 fully saturated rings. The third-order valence-corrected chi connectivity index (χ3v) is 5.92. The summed E-state index contributed by atoms with van der Waals surface area (Å²) in [6, 6.07) is 15.3. The Hall–Kier alpha value is -2.86. The van der Waals surface area contributed by atoms with Crippen LogP contribution in [0, 0.1) is 6.92 Å². The number of carbonyl (C=O) groups is 1. The number of piperidine rings is 1. The van der Waals surface area contributed by atoms with Gasteiger partial charge in [0.25, 0.3) is 0 Å². The van der Waals surface area contributed by atoms with Gasteiger partial charge in [-0.05, 0) is 37.3 Å². The number of ether oxygens (including phenoxy) is 1. The molecule has 0 aliphatic carbocycles. The van der Waals surface area contributed by atoms with Crippen molar-refractivity contribution in [3.63, 3.8) is 0 Å². The van der Waals surface area contributed by atoms with Crippen LogP contribution in [0.25, 0.3) is 5.69 Å². The molecule has 2 aliphatic rings. The number of benzene rings is 2. The first-order valence-corrected chi connectivity index (χ1v) is 9.71. The Morgan fingerprint density at radius 1 is 1.04 bits per heavy atom. The fourth-order valence-corrected chi connectivity index (χ4v) is 4.36. The van der Waals surface area contributed by atoms with Crippen molar-refractivity contribution in [2.75, 3.05) is 18.0 Å². The standard InChI is InChI=1S/C21H19ClN4O2/c1-14-23-24-20(26(14)16-8-6-15(22)7-9-16)25-12-10-21(11-13-25)18-5-3-2-4-17(18)19(27)28-21/h2-9H,10-13H2,1H3. The van der Waals surface area contributed by atoms with Crippen molar-refractivity contribution >= 4 is 23.5 Å². The van der Waals surface area contributed by atoms with Crippen LogP contribution in [0.1, 0.15) is 34.6 Å². The lowest BCUT2D eigenvalue weighted by Gasteiger charge is -2.38. The van der Waals surface area contributed by atoms with E-state index >= 15 is 0 Å². The number of halogens is 1. The molecular weight excluding hydrogens is 376 g/mol. The van der Waals surface area contributed by atoms with Crippen LogP contribution in [0.5, 0.6) is 0 Å². The Kier molecular flexibility index (Phi) is 3.91. The van der Waals surface area contributed by atoms with E-state index in [1.807, 2.05) is 60.0 Å². The van der Waals surface area contributed by atoms with Gasteiger partial charge in [0.15, 0.2) is 0 Å². The minimum absolute atomic E-state index is 0.218. The van der Waals surface area contributed by atoms with Crippen LogP contribution >= 0.6 is 11.6 Å². The summed E-state index contributed by atoms with van der Waals surface area (Å²) >= 11 is 6.03. The first kappa shape index (κ1) is 17.3. The van der Waals surface area contributed by atoms with Gasteiger partial charge >= 0.3 is 5.97 Å². The third-order valence-electron chi connectivity index (χ3n) is 5.67. The predicted molar refractivity (Wildman–Crippen MR) is 106 cm³/mol. The van der Waals surface area contributed by atoms with Crippen LogP contribution in [-0.2, 0) is 10.3 Å². The second-order valence-electron chi connectivity index (χ2n) is 7.28. The number of hydrogen-bond donors (Lipinski definition) is 0. The molecule has 1 aromatic heterocycles. The van der Waals surface area contributed by atoms with Gasteiger partial charge in [0.05, 0.1) is 11.3 Å². The highest BCUT2D eigenvalue weighted by Crippen LogP contribution is 2.44. The highest BCUT2D eigenvalue weighted by Gasteiger charge is 2.47. The van der Waals surface area contributed by atoms with Crippen LogP contribution in [0.15, 0.2) is 48.5 Å². The summed E-state index contributed by atoms with van der Waals surface area (Å²) in [5, 5.41) is 9.38. The molecule has 5 rings (SSSR count). The molecule has 2 aliphatic heterocycles. The van der Waals surface area contributed by atoms with E-state index in [1.165, 1.54) is 0 Å². The quantitative estimate of drug-likeness (QED) is 0.617. The lowest BCUT2D eigenvalue weighted by Crippen LogP contribution is -2.43. The number of rotatable bonds is 2. The summed E-state index contributed by atoms with van der Waals surface area (Å²) in [6.07, 6.45) is 1.45. The SMILES string of the molecule is Cc1nnc(N2CCC3(CC2)OC(=O)c2ccccc23)n1-c1ccc(Cl)cc1. The third kappa shape index (κ3) is 2.59. The summed E-state index contributed by atoms with van der Waals surface area (Å²) in [4.78, 5) is 14.5. The topological polar surface area (TPSA) is 60.2 Å². The van der Waals surface area contributed by atoms with Crippen molar-refractivity contribution < 1.29 is 9.53 Å². The predicted octanol–water partition coefficient (Wildman–Crippen LogP) is 3.90. The van der Waals surface area contributed by atoms with Crippen LogP contribution in [0.4, 0.5) is 5.95 Å². The zero-order valence-electron chi connectivity index (χ0n) is 15.4. The number of aryl methyl sites for hydroxylation is 1. The van der Waals surface area contributed by atoms with E-state index in [0.29, 0.717) is 10.6 Å². The molecule has 1 saturated heterocycles. The van der Waals surface area contributed by atoms with Crippen molar-refractivity contribution in [3.05, 3.63) is 70.5 Å². The van der Waals surface area contributed by atoms with E-state index < -0.39 is 5.60 Å². The molecular formula is C21H19ClN4O2. The van der Waals surface area contributed by atoms with E-state index in [4.69, 9.17) is 16.3 Å². The number of hydrogen-bond acceptors (Lipinski definition) is 5. The van der Waals surface area contributed by atoms with E-state index in [0.717, 1.165) is 49.0 Å². The van der Waals surface area contributed by atoms with Gasteiger partial charge in [-0.25, -0.2) is 4.79 Å². The van der Waals surface area contributed by atoms with Gasteiger partial charge in [-0.2, -0.15) is 0 Å². The van der Waals surface area contributed by atoms with Gasteiger partial charge in [0.2, 0.25) is 5.95 Å². The molecule has 0 atom stereocenters. The lowest BCUT2D eigenvalue weighted by atomic mass is 9.84. The Morgan fingerprint density at radius 3 is 2.50 bits per heavy atom. The fourth-order valence-electron chi connectivity index (χ4n) is 4.23. The van der Waals surface area contributed by atoms with Gasteiger partial charge in [0, 0.05) is 36.5 Å². The Balaban J connectivity index is 1.43. The van der Waals surface area contributed by atoms with Gasteiger partial charge in [-0.3, -0.25) is 4.57 Å². The number of fused-ring (bicyclic) bond motifs is 2. The van der Waals surface area contributed by atoms with E-state index in [1.54, 1.807) is 0 Å². The van der Waals surface area contributed by atoms with E-state index in [9.17, 15) is 4.79 Å². The number of aromatic nitrogens is 3. The molecule has 1 spiro atoms. The maximum Gasteiger partial charge on any atom is 0.339 e. The molecule has 0 amide bonds. The zero-order valence-corrected chi connectivity index (χ0v) is 16.2. The molecule has 142 valence electrons. The van der Waals surface area contributed by atoms with Crippen LogP contribution in [-0.4, -0.2) is 33.8 Å². The van der Waals surface area contributed by atoms with Gasteiger partial charge in [0.1, 0.15) is 11.4 Å². The van der Waals surface area contributed by atoms with Gasteiger partial charge < -0.3 is 9.64 Å². The van der Waals surface area contributed by atoms with Gasteiger partial charge in [-0.1, -0.05) is 29.8 Å². The average Bonchev–Trinajstić information content (AvgIpc) is 3.22. The molecule has 0 radical (unpaired) electrons. The number of carbonyl (C=O) groups excluding carboxylic acids is 1. The summed E-state index contributed by atoms with van der Waals surface area (Å²) < 4.78 is 7.89. The molecule has 0 unspecified atom stereocenters. The fraction of sp³-hybridized carbons (Fsp3) is 0.286. The second-order valence-corrected chi connectivity index (χ2v) is 7.71. The first-order valence-electron chi connectivity index (χ1n) is 9.33. The molecule has 0 N–H and O–H groups in total. The van der Waals surface area contributed by atoms with Crippen LogP contribution in [0.2, 0.25) is 5.02 Å². The second kappa shape index (κ2) is 6.34. The highest BCUT2D eigenvalue weighted by atomic mass is 35.5. The molecule has 0 bridgehead atoms. The molecule has 7 heteroatoms. The molecule has 0 saturated carbocycles. The molecule has 28 heavy (non-hydrogen) atoms. The van der Waals surface area contributed by atoms with Crippen LogP contribution in [0.3, 0.4) is 0 Å². The first-order chi connectivity index (χ1) is 13.6. The summed E-state index contributed by atoms with van der Waals surface area (Å²) in [5.74, 6) is 1.40.